The highest BCUT2D eigenvalue weighted by molar-refractivity contribution is 4.99. The second kappa shape index (κ2) is 5.73. The summed E-state index contributed by atoms with van der Waals surface area (Å²) in [4.78, 5) is 2.87. The summed E-state index contributed by atoms with van der Waals surface area (Å²) >= 11 is 0. The lowest BCUT2D eigenvalue weighted by atomic mass is 9.81. The van der Waals surface area contributed by atoms with E-state index in [-0.39, 0.29) is 0 Å². The number of nitrogens with one attached hydrogen (secondary N) is 1. The van der Waals surface area contributed by atoms with Gasteiger partial charge in [0.25, 0.3) is 0 Å². The fourth-order valence-corrected chi connectivity index (χ4v) is 4.92. The Morgan fingerprint density at radius 3 is 2.37 bits per heavy atom. The molecule has 0 aromatic heterocycles. The first-order valence-corrected chi connectivity index (χ1v) is 8.69. The van der Waals surface area contributed by atoms with Gasteiger partial charge in [-0.05, 0) is 45.4 Å². The van der Waals surface area contributed by atoms with Crippen molar-refractivity contribution in [2.45, 2.75) is 89.3 Å². The Balaban J connectivity index is 1.66. The Morgan fingerprint density at radius 1 is 1.00 bits per heavy atom. The Hall–Kier alpha value is -0.0800. The molecule has 3 rings (SSSR count). The molecule has 19 heavy (non-hydrogen) atoms. The van der Waals surface area contributed by atoms with Crippen LogP contribution in [-0.4, -0.2) is 35.6 Å². The number of nitrogens with zero attached hydrogens (tertiary/aromatic N) is 1. The van der Waals surface area contributed by atoms with Crippen molar-refractivity contribution in [2.75, 3.05) is 13.1 Å². The molecule has 0 spiro atoms. The lowest BCUT2D eigenvalue weighted by Gasteiger charge is -2.50. The van der Waals surface area contributed by atoms with E-state index in [2.05, 4.69) is 24.1 Å². The van der Waals surface area contributed by atoms with Crippen LogP contribution in [0.4, 0.5) is 0 Å². The van der Waals surface area contributed by atoms with Gasteiger partial charge in [-0.2, -0.15) is 0 Å². The molecule has 3 fully saturated rings. The normalized spacial score (nSPS) is 37.6. The number of rotatable bonds is 2. The van der Waals surface area contributed by atoms with Gasteiger partial charge in [-0.3, -0.25) is 4.90 Å². The van der Waals surface area contributed by atoms with Gasteiger partial charge in [-0.15, -0.1) is 0 Å². The van der Waals surface area contributed by atoms with Crippen molar-refractivity contribution in [3.05, 3.63) is 0 Å². The van der Waals surface area contributed by atoms with E-state index in [0.717, 1.165) is 18.0 Å². The Kier molecular flexibility index (Phi) is 4.19. The van der Waals surface area contributed by atoms with E-state index in [0.29, 0.717) is 5.54 Å². The predicted molar refractivity (Wildman–Crippen MR) is 81.4 cm³/mol. The first-order chi connectivity index (χ1) is 9.19. The standard InChI is InChI=1S/C17H32N2/c1-14-12-18-16(15-8-4-3-5-9-15)13-19(14)17(2)10-6-7-11-17/h14-16,18H,3-13H2,1-2H3. The molecule has 2 atom stereocenters. The van der Waals surface area contributed by atoms with Crippen molar-refractivity contribution in [1.29, 1.82) is 0 Å². The van der Waals surface area contributed by atoms with Crippen LogP contribution < -0.4 is 5.32 Å². The Labute approximate surface area is 119 Å². The van der Waals surface area contributed by atoms with Crippen molar-refractivity contribution in [1.82, 2.24) is 10.2 Å². The zero-order valence-electron chi connectivity index (χ0n) is 13.0. The summed E-state index contributed by atoms with van der Waals surface area (Å²) in [6.45, 7) is 7.46. The number of hydrogen-bond donors (Lipinski definition) is 1. The van der Waals surface area contributed by atoms with E-state index in [9.17, 15) is 0 Å². The summed E-state index contributed by atoms with van der Waals surface area (Å²) in [5.41, 5.74) is 0.508. The van der Waals surface area contributed by atoms with Crippen LogP contribution in [0.2, 0.25) is 0 Å². The molecule has 2 aliphatic carbocycles. The summed E-state index contributed by atoms with van der Waals surface area (Å²) in [6.07, 6.45) is 13.1. The van der Waals surface area contributed by atoms with Crippen LogP contribution in [0.5, 0.6) is 0 Å². The molecule has 1 N–H and O–H groups in total. The molecule has 3 aliphatic rings. The zero-order chi connectivity index (χ0) is 13.3. The van der Waals surface area contributed by atoms with Crippen LogP contribution in [0, 0.1) is 5.92 Å². The number of hydrogen-bond acceptors (Lipinski definition) is 2. The summed E-state index contributed by atoms with van der Waals surface area (Å²) in [6, 6.07) is 1.50. The molecule has 0 aromatic rings. The first kappa shape index (κ1) is 13.9. The van der Waals surface area contributed by atoms with E-state index in [4.69, 9.17) is 0 Å². The molecule has 1 aliphatic heterocycles. The third-order valence-corrected chi connectivity index (χ3v) is 6.19. The molecule has 2 saturated carbocycles. The van der Waals surface area contributed by atoms with Gasteiger partial charge in [0.2, 0.25) is 0 Å². The van der Waals surface area contributed by atoms with Crippen LogP contribution in [0.15, 0.2) is 0 Å². The Morgan fingerprint density at radius 2 is 1.68 bits per heavy atom. The monoisotopic (exact) mass is 264 g/mol. The highest BCUT2D eigenvalue weighted by Crippen LogP contribution is 2.38. The maximum Gasteiger partial charge on any atom is 0.0224 e. The van der Waals surface area contributed by atoms with Crippen LogP contribution in [0.3, 0.4) is 0 Å². The molecule has 2 unspecified atom stereocenters. The quantitative estimate of drug-likeness (QED) is 0.820. The molecule has 0 amide bonds. The van der Waals surface area contributed by atoms with E-state index in [1.54, 1.807) is 0 Å². The Bertz CT molecular complexity index is 290. The first-order valence-electron chi connectivity index (χ1n) is 8.69. The third kappa shape index (κ3) is 2.85. The van der Waals surface area contributed by atoms with Crippen molar-refractivity contribution in [2.24, 2.45) is 5.92 Å². The largest absolute Gasteiger partial charge is 0.311 e. The van der Waals surface area contributed by atoms with Gasteiger partial charge >= 0.3 is 0 Å². The molecular formula is C17H32N2. The van der Waals surface area contributed by atoms with Gasteiger partial charge in [0.15, 0.2) is 0 Å². The lowest BCUT2D eigenvalue weighted by molar-refractivity contribution is 0.0155. The minimum absolute atomic E-state index is 0.508. The van der Waals surface area contributed by atoms with Gasteiger partial charge in [-0.1, -0.05) is 32.1 Å². The molecule has 110 valence electrons. The fourth-order valence-electron chi connectivity index (χ4n) is 4.92. The zero-order valence-corrected chi connectivity index (χ0v) is 13.0. The molecule has 2 nitrogen and oxygen atoms in total. The minimum Gasteiger partial charge on any atom is -0.311 e. The van der Waals surface area contributed by atoms with Crippen LogP contribution in [0.25, 0.3) is 0 Å². The van der Waals surface area contributed by atoms with Crippen LogP contribution in [-0.2, 0) is 0 Å². The average Bonchev–Trinajstić information content (AvgIpc) is 2.88. The van der Waals surface area contributed by atoms with Crippen molar-refractivity contribution in [3.63, 3.8) is 0 Å². The van der Waals surface area contributed by atoms with Crippen LogP contribution in [0.1, 0.15) is 71.6 Å². The molecule has 2 heteroatoms. The maximum atomic E-state index is 3.87. The fraction of sp³-hybridized carbons (Fsp3) is 1.00. The SMILES string of the molecule is CC1CNC(C2CCCCC2)CN1C1(C)CCCC1. The molecule has 0 radical (unpaired) electrons. The van der Waals surface area contributed by atoms with E-state index in [1.165, 1.54) is 70.9 Å². The smallest absolute Gasteiger partial charge is 0.0224 e. The second-order valence-corrected chi connectivity index (χ2v) is 7.62. The second-order valence-electron chi connectivity index (χ2n) is 7.62. The molecule has 0 bridgehead atoms. The van der Waals surface area contributed by atoms with Crippen LogP contribution >= 0.6 is 0 Å². The molecule has 0 aromatic carbocycles. The summed E-state index contributed by atoms with van der Waals surface area (Å²) in [7, 11) is 0. The third-order valence-electron chi connectivity index (χ3n) is 6.19. The van der Waals surface area contributed by atoms with E-state index in [1.807, 2.05) is 0 Å². The van der Waals surface area contributed by atoms with Crippen molar-refractivity contribution >= 4 is 0 Å². The average molecular weight is 264 g/mol. The van der Waals surface area contributed by atoms with Gasteiger partial charge in [0.1, 0.15) is 0 Å². The van der Waals surface area contributed by atoms with Crippen molar-refractivity contribution in [3.8, 4) is 0 Å². The van der Waals surface area contributed by atoms with Gasteiger partial charge in [0, 0.05) is 30.7 Å². The number of piperazine rings is 1. The molecular weight excluding hydrogens is 232 g/mol. The van der Waals surface area contributed by atoms with Gasteiger partial charge < -0.3 is 5.32 Å². The van der Waals surface area contributed by atoms with E-state index < -0.39 is 0 Å². The summed E-state index contributed by atoms with van der Waals surface area (Å²) in [5.74, 6) is 0.953. The predicted octanol–water partition coefficient (Wildman–Crippen LogP) is 3.56. The summed E-state index contributed by atoms with van der Waals surface area (Å²) in [5, 5.41) is 3.87. The highest BCUT2D eigenvalue weighted by atomic mass is 15.3. The maximum absolute atomic E-state index is 3.87. The highest BCUT2D eigenvalue weighted by Gasteiger charge is 2.41. The van der Waals surface area contributed by atoms with E-state index >= 15 is 0 Å². The van der Waals surface area contributed by atoms with Gasteiger partial charge in [0.05, 0.1) is 0 Å². The topological polar surface area (TPSA) is 15.3 Å². The lowest BCUT2D eigenvalue weighted by Crippen LogP contribution is -2.63. The van der Waals surface area contributed by atoms with Crippen molar-refractivity contribution < 1.29 is 0 Å². The minimum atomic E-state index is 0.508. The van der Waals surface area contributed by atoms with Gasteiger partial charge in [-0.25, -0.2) is 0 Å². The molecule has 1 saturated heterocycles. The molecule has 1 heterocycles. The summed E-state index contributed by atoms with van der Waals surface area (Å²) < 4.78 is 0.